The molecule has 0 aliphatic carbocycles. The van der Waals surface area contributed by atoms with E-state index in [1.165, 1.54) is 0 Å². The molecule has 0 saturated heterocycles. The molecule has 1 aliphatic heterocycles. The van der Waals surface area contributed by atoms with Crippen molar-refractivity contribution in [3.05, 3.63) is 28.2 Å². The van der Waals surface area contributed by atoms with E-state index in [2.05, 4.69) is 15.9 Å². The van der Waals surface area contributed by atoms with Crippen LogP contribution >= 0.6 is 15.9 Å². The first-order chi connectivity index (χ1) is 5.77. The van der Waals surface area contributed by atoms with Crippen LogP contribution in [0.2, 0.25) is 0 Å². The third-order valence-electron chi connectivity index (χ3n) is 1.83. The van der Waals surface area contributed by atoms with Gasteiger partial charge in [-0.25, -0.2) is 0 Å². The smallest absolute Gasteiger partial charge is 0.169 e. The summed E-state index contributed by atoms with van der Waals surface area (Å²) >= 11 is 3.32. The first kappa shape index (κ1) is 7.80. The molecule has 3 heteroatoms. The standard InChI is InChI=1S/C9H7BrO2/c10-6-1-2-7-8(11)3-4-12-9(7)5-6/h1-2,5H,3-4H2. The number of ether oxygens (including phenoxy) is 1. The molecule has 0 radical (unpaired) electrons. The van der Waals surface area contributed by atoms with Gasteiger partial charge in [-0.05, 0) is 18.2 Å². The quantitative estimate of drug-likeness (QED) is 0.680. The topological polar surface area (TPSA) is 26.3 Å². The van der Waals surface area contributed by atoms with Crippen molar-refractivity contribution >= 4 is 21.7 Å². The van der Waals surface area contributed by atoms with Gasteiger partial charge in [-0.2, -0.15) is 0 Å². The normalized spacial score (nSPS) is 15.2. The summed E-state index contributed by atoms with van der Waals surface area (Å²) in [5.41, 5.74) is 0.699. The van der Waals surface area contributed by atoms with E-state index >= 15 is 0 Å². The minimum absolute atomic E-state index is 0.170. The van der Waals surface area contributed by atoms with E-state index in [0.29, 0.717) is 24.3 Å². The fraction of sp³-hybridized carbons (Fsp3) is 0.222. The summed E-state index contributed by atoms with van der Waals surface area (Å²) in [7, 11) is 0. The van der Waals surface area contributed by atoms with Gasteiger partial charge in [-0.3, -0.25) is 4.79 Å². The maximum absolute atomic E-state index is 11.3. The number of fused-ring (bicyclic) bond motifs is 1. The highest BCUT2D eigenvalue weighted by molar-refractivity contribution is 9.10. The SMILES string of the molecule is O=C1CCOc2cc(Br)ccc21. The Morgan fingerprint density at radius 1 is 1.42 bits per heavy atom. The summed E-state index contributed by atoms with van der Waals surface area (Å²) in [4.78, 5) is 11.3. The molecule has 62 valence electrons. The van der Waals surface area contributed by atoms with Crippen LogP contribution in [-0.4, -0.2) is 12.4 Å². The van der Waals surface area contributed by atoms with Crippen LogP contribution in [0.1, 0.15) is 16.8 Å². The van der Waals surface area contributed by atoms with Crippen molar-refractivity contribution in [3.63, 3.8) is 0 Å². The number of rotatable bonds is 0. The van der Waals surface area contributed by atoms with Crippen LogP contribution in [0, 0.1) is 0 Å². The lowest BCUT2D eigenvalue weighted by Crippen LogP contribution is -2.14. The Morgan fingerprint density at radius 2 is 2.25 bits per heavy atom. The molecule has 0 bridgehead atoms. The van der Waals surface area contributed by atoms with Crippen LogP contribution in [0.4, 0.5) is 0 Å². The Bertz CT molecular complexity index is 333. The van der Waals surface area contributed by atoms with E-state index in [9.17, 15) is 4.79 Å². The molecular formula is C9H7BrO2. The molecule has 0 aromatic heterocycles. The Morgan fingerprint density at radius 3 is 3.08 bits per heavy atom. The Kier molecular flexibility index (Phi) is 1.89. The van der Waals surface area contributed by atoms with Gasteiger partial charge < -0.3 is 4.74 Å². The fourth-order valence-corrected chi connectivity index (χ4v) is 1.57. The third kappa shape index (κ3) is 1.25. The molecule has 2 rings (SSSR count). The maximum Gasteiger partial charge on any atom is 0.169 e. The summed E-state index contributed by atoms with van der Waals surface area (Å²) in [5.74, 6) is 0.865. The maximum atomic E-state index is 11.3. The van der Waals surface area contributed by atoms with Crippen molar-refractivity contribution in [1.82, 2.24) is 0 Å². The molecule has 0 atom stereocenters. The van der Waals surface area contributed by atoms with Crippen LogP contribution in [-0.2, 0) is 0 Å². The third-order valence-corrected chi connectivity index (χ3v) is 2.32. The summed E-state index contributed by atoms with van der Waals surface area (Å²) in [5, 5.41) is 0. The van der Waals surface area contributed by atoms with Gasteiger partial charge in [0.05, 0.1) is 12.2 Å². The molecular weight excluding hydrogens is 220 g/mol. The minimum atomic E-state index is 0.170. The molecule has 1 aromatic carbocycles. The number of carbonyl (C=O) groups is 1. The highest BCUT2D eigenvalue weighted by Gasteiger charge is 2.17. The van der Waals surface area contributed by atoms with Gasteiger partial charge in [0.2, 0.25) is 0 Å². The molecule has 12 heavy (non-hydrogen) atoms. The average molecular weight is 227 g/mol. The van der Waals surface area contributed by atoms with Crippen LogP contribution in [0.5, 0.6) is 5.75 Å². The monoisotopic (exact) mass is 226 g/mol. The van der Waals surface area contributed by atoms with Gasteiger partial charge in [-0.15, -0.1) is 0 Å². The second-order valence-corrected chi connectivity index (χ2v) is 3.58. The number of Topliss-reactive ketones (excluding diaryl/α,β-unsaturated/α-hetero) is 1. The molecule has 1 heterocycles. The molecule has 0 spiro atoms. The second kappa shape index (κ2) is 2.90. The zero-order chi connectivity index (χ0) is 8.55. The number of benzene rings is 1. The predicted octanol–water partition coefficient (Wildman–Crippen LogP) is 2.41. The molecule has 0 N–H and O–H groups in total. The van der Waals surface area contributed by atoms with Crippen molar-refractivity contribution in [2.75, 3.05) is 6.61 Å². The molecule has 0 amide bonds. The second-order valence-electron chi connectivity index (χ2n) is 2.66. The molecule has 0 saturated carbocycles. The molecule has 2 nitrogen and oxygen atoms in total. The zero-order valence-corrected chi connectivity index (χ0v) is 7.93. The van der Waals surface area contributed by atoms with Gasteiger partial charge in [0.15, 0.2) is 5.78 Å². The summed E-state index contributed by atoms with van der Waals surface area (Å²) in [6.45, 7) is 0.502. The van der Waals surface area contributed by atoms with Gasteiger partial charge in [0.1, 0.15) is 5.75 Å². The number of ketones is 1. The zero-order valence-electron chi connectivity index (χ0n) is 6.34. The van der Waals surface area contributed by atoms with E-state index in [1.54, 1.807) is 6.07 Å². The van der Waals surface area contributed by atoms with Crippen LogP contribution in [0.25, 0.3) is 0 Å². The minimum Gasteiger partial charge on any atom is -0.492 e. The van der Waals surface area contributed by atoms with E-state index < -0.39 is 0 Å². The van der Waals surface area contributed by atoms with Crippen LogP contribution < -0.4 is 4.74 Å². The number of halogens is 1. The van der Waals surface area contributed by atoms with E-state index in [1.807, 2.05) is 12.1 Å². The lowest BCUT2D eigenvalue weighted by molar-refractivity contribution is 0.0933. The van der Waals surface area contributed by atoms with Crippen molar-refractivity contribution in [1.29, 1.82) is 0 Å². The summed E-state index contributed by atoms with van der Waals surface area (Å²) in [6.07, 6.45) is 0.495. The Balaban J connectivity index is 2.53. The van der Waals surface area contributed by atoms with E-state index in [-0.39, 0.29) is 5.78 Å². The lowest BCUT2D eigenvalue weighted by Gasteiger charge is -2.15. The summed E-state index contributed by atoms with van der Waals surface area (Å²) in [6, 6.07) is 5.47. The highest BCUT2D eigenvalue weighted by Crippen LogP contribution is 2.27. The number of hydrogen-bond acceptors (Lipinski definition) is 2. The van der Waals surface area contributed by atoms with Crippen molar-refractivity contribution in [3.8, 4) is 5.75 Å². The van der Waals surface area contributed by atoms with E-state index in [0.717, 1.165) is 4.47 Å². The van der Waals surface area contributed by atoms with Crippen LogP contribution in [0.15, 0.2) is 22.7 Å². The van der Waals surface area contributed by atoms with Gasteiger partial charge >= 0.3 is 0 Å². The highest BCUT2D eigenvalue weighted by atomic mass is 79.9. The molecule has 1 aliphatic rings. The van der Waals surface area contributed by atoms with Gasteiger partial charge in [-0.1, -0.05) is 15.9 Å². The fourth-order valence-electron chi connectivity index (χ4n) is 1.23. The van der Waals surface area contributed by atoms with Gasteiger partial charge in [0.25, 0.3) is 0 Å². The number of hydrogen-bond donors (Lipinski definition) is 0. The lowest BCUT2D eigenvalue weighted by atomic mass is 10.1. The largest absolute Gasteiger partial charge is 0.492 e. The van der Waals surface area contributed by atoms with Crippen LogP contribution in [0.3, 0.4) is 0 Å². The van der Waals surface area contributed by atoms with E-state index in [4.69, 9.17) is 4.74 Å². The molecule has 1 aromatic rings. The summed E-state index contributed by atoms with van der Waals surface area (Å²) < 4.78 is 6.26. The van der Waals surface area contributed by atoms with Crippen molar-refractivity contribution < 1.29 is 9.53 Å². The Hall–Kier alpha value is -0.830. The molecule has 0 unspecified atom stereocenters. The molecule has 0 fully saturated rings. The Labute approximate surface area is 78.7 Å². The van der Waals surface area contributed by atoms with Crippen molar-refractivity contribution in [2.24, 2.45) is 0 Å². The first-order valence-electron chi connectivity index (χ1n) is 3.73. The first-order valence-corrected chi connectivity index (χ1v) is 4.52. The average Bonchev–Trinajstić information content (AvgIpc) is 2.04. The number of carbonyl (C=O) groups excluding carboxylic acids is 1. The van der Waals surface area contributed by atoms with Gasteiger partial charge in [0, 0.05) is 10.9 Å². The predicted molar refractivity (Wildman–Crippen MR) is 48.6 cm³/mol. The van der Waals surface area contributed by atoms with Crippen molar-refractivity contribution in [2.45, 2.75) is 6.42 Å².